The van der Waals surface area contributed by atoms with Crippen LogP contribution in [0.1, 0.15) is 59.1 Å². The number of carbonyl (C=O) groups excluding carboxylic acids is 3. The second-order valence-corrected chi connectivity index (χ2v) is 12.1. The number of nitrogens with zero attached hydrogens (tertiary/aromatic N) is 1. The number of alkyl halides is 2. The second-order valence-electron chi connectivity index (χ2n) is 11.0. The number of amides is 3. The fourth-order valence-electron chi connectivity index (χ4n) is 6.72. The Kier molecular flexibility index (Phi) is 6.35. The summed E-state index contributed by atoms with van der Waals surface area (Å²) < 4.78 is 0. The minimum atomic E-state index is -1.15. The van der Waals surface area contributed by atoms with E-state index >= 15 is 0 Å². The first-order valence-electron chi connectivity index (χ1n) is 13.5. The van der Waals surface area contributed by atoms with Gasteiger partial charge in [-0.15, -0.1) is 23.2 Å². The number of imide groups is 1. The van der Waals surface area contributed by atoms with E-state index in [2.05, 4.69) is 5.32 Å². The van der Waals surface area contributed by atoms with Gasteiger partial charge in [0.25, 0.3) is 0 Å². The molecular weight excluding hydrogens is 531 g/mol. The van der Waals surface area contributed by atoms with Crippen molar-refractivity contribution in [2.75, 3.05) is 11.9 Å². The van der Waals surface area contributed by atoms with Crippen molar-refractivity contribution in [2.24, 2.45) is 11.8 Å². The van der Waals surface area contributed by atoms with E-state index in [1.807, 2.05) is 80.6 Å². The lowest BCUT2D eigenvalue weighted by molar-refractivity contribution is -0.140. The number of halogens is 2. The lowest BCUT2D eigenvalue weighted by Gasteiger charge is -2.54. The fourth-order valence-corrected chi connectivity index (χ4v) is 7.82. The van der Waals surface area contributed by atoms with Crippen LogP contribution in [0.5, 0.6) is 0 Å². The molecule has 3 aromatic rings. The monoisotopic (exact) mass is 560 g/mol. The highest BCUT2D eigenvalue weighted by atomic mass is 35.5. The van der Waals surface area contributed by atoms with Crippen LogP contribution in [0.3, 0.4) is 0 Å². The second kappa shape index (κ2) is 9.50. The van der Waals surface area contributed by atoms with E-state index in [-0.39, 0.29) is 24.3 Å². The van der Waals surface area contributed by atoms with Crippen LogP contribution in [-0.4, -0.2) is 29.2 Å². The molecule has 5 nitrogen and oxygen atoms in total. The highest BCUT2D eigenvalue weighted by Crippen LogP contribution is 2.69. The van der Waals surface area contributed by atoms with E-state index < -0.39 is 21.6 Å². The summed E-state index contributed by atoms with van der Waals surface area (Å²) in [4.78, 5) is 39.1. The van der Waals surface area contributed by atoms with Crippen LogP contribution in [0.25, 0.3) is 0 Å². The first-order valence-corrected chi connectivity index (χ1v) is 14.2. The van der Waals surface area contributed by atoms with Gasteiger partial charge in [0.2, 0.25) is 17.7 Å². The molecular formula is C32H30Cl2N2O3. The van der Waals surface area contributed by atoms with Gasteiger partial charge in [-0.1, -0.05) is 61.0 Å². The predicted molar refractivity (Wildman–Crippen MR) is 153 cm³/mol. The van der Waals surface area contributed by atoms with E-state index in [1.54, 1.807) is 0 Å². The van der Waals surface area contributed by atoms with Crippen LogP contribution in [0.15, 0.2) is 66.7 Å². The number of unbranched alkanes of at least 4 members (excludes halogenated alkanes) is 2. The SMILES string of the molecule is Cc1ccc(NC(=O)CCCCCN2C(=O)[C@@H]3[C@@H](C2=O)C2(Cl)c4ccccc4C3(Cl)c3ccccc32)cc1C. The van der Waals surface area contributed by atoms with Gasteiger partial charge in [0.1, 0.15) is 9.75 Å². The Morgan fingerprint density at radius 3 is 1.77 bits per heavy atom. The van der Waals surface area contributed by atoms with E-state index in [1.165, 1.54) is 10.5 Å². The molecule has 0 radical (unpaired) electrons. The summed E-state index contributed by atoms with van der Waals surface area (Å²) in [6.45, 7) is 4.34. The highest BCUT2D eigenvalue weighted by Gasteiger charge is 2.72. The molecule has 0 saturated carbocycles. The number of aryl methyl sites for hydroxylation is 2. The minimum Gasteiger partial charge on any atom is -0.326 e. The molecule has 1 fully saturated rings. The molecule has 39 heavy (non-hydrogen) atoms. The first-order chi connectivity index (χ1) is 18.7. The third-order valence-electron chi connectivity index (χ3n) is 8.75. The van der Waals surface area contributed by atoms with E-state index in [0.717, 1.165) is 33.5 Å². The zero-order valence-electron chi connectivity index (χ0n) is 22.0. The van der Waals surface area contributed by atoms with Crippen molar-refractivity contribution in [1.29, 1.82) is 0 Å². The quantitative estimate of drug-likeness (QED) is 0.206. The molecule has 4 aliphatic rings. The summed E-state index contributed by atoms with van der Waals surface area (Å²) in [6.07, 6.45) is 2.36. The molecule has 3 aromatic carbocycles. The average molecular weight is 562 g/mol. The maximum Gasteiger partial charge on any atom is 0.235 e. The number of rotatable bonds is 7. The van der Waals surface area contributed by atoms with Crippen molar-refractivity contribution in [2.45, 2.75) is 49.3 Å². The first kappa shape index (κ1) is 26.1. The van der Waals surface area contributed by atoms with Gasteiger partial charge < -0.3 is 5.32 Å². The Morgan fingerprint density at radius 2 is 1.28 bits per heavy atom. The Hall–Kier alpha value is -3.15. The summed E-state index contributed by atoms with van der Waals surface area (Å²) in [5.74, 6) is -2.10. The van der Waals surface area contributed by atoms with Crippen molar-refractivity contribution < 1.29 is 14.4 Å². The topological polar surface area (TPSA) is 66.5 Å². The van der Waals surface area contributed by atoms with Gasteiger partial charge in [0, 0.05) is 18.7 Å². The molecule has 7 rings (SSSR count). The van der Waals surface area contributed by atoms with Gasteiger partial charge in [0.15, 0.2) is 0 Å². The summed E-state index contributed by atoms with van der Waals surface area (Å²) in [7, 11) is 0. The number of hydrogen-bond donors (Lipinski definition) is 1. The predicted octanol–water partition coefficient (Wildman–Crippen LogP) is 6.40. The zero-order valence-corrected chi connectivity index (χ0v) is 23.5. The summed E-state index contributed by atoms with van der Waals surface area (Å²) in [6, 6.07) is 21.2. The molecule has 7 heteroatoms. The Morgan fingerprint density at radius 1 is 0.769 bits per heavy atom. The largest absolute Gasteiger partial charge is 0.326 e. The molecule has 0 spiro atoms. The zero-order chi connectivity index (χ0) is 27.5. The van der Waals surface area contributed by atoms with Gasteiger partial charge in [-0.2, -0.15) is 0 Å². The molecule has 2 atom stereocenters. The van der Waals surface area contributed by atoms with Crippen molar-refractivity contribution in [3.8, 4) is 0 Å². The number of nitrogens with one attached hydrogen (secondary N) is 1. The van der Waals surface area contributed by atoms with Gasteiger partial charge in [0.05, 0.1) is 11.8 Å². The summed E-state index contributed by atoms with van der Waals surface area (Å²) >= 11 is 14.9. The number of anilines is 1. The summed E-state index contributed by atoms with van der Waals surface area (Å²) in [5.41, 5.74) is 6.32. The van der Waals surface area contributed by atoms with Gasteiger partial charge in [-0.3, -0.25) is 19.3 Å². The molecule has 3 aliphatic carbocycles. The van der Waals surface area contributed by atoms with E-state index in [9.17, 15) is 14.4 Å². The molecule has 1 aliphatic heterocycles. The van der Waals surface area contributed by atoms with Crippen LogP contribution in [-0.2, 0) is 24.1 Å². The maximum atomic E-state index is 13.8. The fraction of sp³-hybridized carbons (Fsp3) is 0.344. The number of hydrogen-bond acceptors (Lipinski definition) is 3. The van der Waals surface area contributed by atoms with Gasteiger partial charge >= 0.3 is 0 Å². The number of likely N-dealkylation sites (tertiary alicyclic amines) is 1. The maximum absolute atomic E-state index is 13.8. The van der Waals surface area contributed by atoms with E-state index in [4.69, 9.17) is 23.2 Å². The van der Waals surface area contributed by atoms with Gasteiger partial charge in [-0.05, 0) is 72.2 Å². The molecule has 1 heterocycles. The molecule has 2 bridgehead atoms. The molecule has 0 unspecified atom stereocenters. The third kappa shape index (κ3) is 3.77. The smallest absolute Gasteiger partial charge is 0.235 e. The van der Waals surface area contributed by atoms with Crippen LogP contribution in [0.4, 0.5) is 5.69 Å². The molecule has 1 N–H and O–H groups in total. The van der Waals surface area contributed by atoms with Crippen molar-refractivity contribution in [1.82, 2.24) is 4.90 Å². The lowest BCUT2D eigenvalue weighted by Crippen LogP contribution is -2.57. The van der Waals surface area contributed by atoms with Crippen molar-refractivity contribution in [3.05, 3.63) is 100 Å². The lowest BCUT2D eigenvalue weighted by atomic mass is 9.54. The highest BCUT2D eigenvalue weighted by molar-refractivity contribution is 6.36. The third-order valence-corrected chi connectivity index (χ3v) is 10.0. The molecule has 0 aromatic heterocycles. The van der Waals surface area contributed by atoms with Crippen molar-refractivity contribution in [3.63, 3.8) is 0 Å². The molecule has 3 amide bonds. The Bertz CT molecular complexity index is 1400. The van der Waals surface area contributed by atoms with Gasteiger partial charge in [-0.25, -0.2) is 0 Å². The number of carbonyl (C=O) groups is 3. The number of benzene rings is 3. The average Bonchev–Trinajstić information content (AvgIpc) is 3.19. The van der Waals surface area contributed by atoms with Crippen LogP contribution < -0.4 is 5.32 Å². The van der Waals surface area contributed by atoms with E-state index in [0.29, 0.717) is 25.7 Å². The summed E-state index contributed by atoms with van der Waals surface area (Å²) in [5, 5.41) is 2.95. The normalized spacial score (nSPS) is 26.3. The van der Waals surface area contributed by atoms with Crippen LogP contribution in [0.2, 0.25) is 0 Å². The standard InChI is InChI=1S/C32H30Cl2N2O3/c1-19-15-16-21(18-20(19)2)35-26(37)14-4-3-9-17-36-29(38)27-28(30(36)39)32(34)23-11-6-5-10-22(23)31(27,33)24-12-7-8-13-25(24)32/h5-8,10-13,15-16,18,27-28H,3-4,9,14,17H2,1-2H3,(H,35,37)/t27-,28-,31?,32?/m0/s1. The van der Waals surface area contributed by atoms with Crippen molar-refractivity contribution >= 4 is 46.6 Å². The molecule has 200 valence electrons. The van der Waals surface area contributed by atoms with Crippen LogP contribution >= 0.6 is 23.2 Å². The van der Waals surface area contributed by atoms with Crippen LogP contribution in [0, 0.1) is 25.7 Å². The minimum absolute atomic E-state index is 0.0436. The Labute approximate surface area is 238 Å². The molecule has 1 saturated heterocycles. The Balaban J connectivity index is 1.15.